The molecule has 33 heavy (non-hydrogen) atoms. The lowest BCUT2D eigenvalue weighted by atomic mass is 9.40. The summed E-state index contributed by atoms with van der Waals surface area (Å²) in [6.07, 6.45) is 14.3. The van der Waals surface area contributed by atoms with Crippen LogP contribution in [-0.2, 0) is 6.54 Å². The molecule has 0 spiro atoms. The van der Waals surface area contributed by atoms with Gasteiger partial charge in [0.15, 0.2) is 0 Å². The van der Waals surface area contributed by atoms with Crippen molar-refractivity contribution in [1.82, 2.24) is 9.78 Å². The fourth-order valence-corrected chi connectivity index (χ4v) is 9.88. The van der Waals surface area contributed by atoms with Gasteiger partial charge in [-0.3, -0.25) is 4.68 Å². The van der Waals surface area contributed by atoms with E-state index in [4.69, 9.17) is 0 Å². The first-order valence-corrected chi connectivity index (χ1v) is 13.8. The molecule has 1 heterocycles. The molecular weight excluding hydrogens is 406 g/mol. The van der Waals surface area contributed by atoms with Crippen molar-refractivity contribution in [2.75, 3.05) is 0 Å². The summed E-state index contributed by atoms with van der Waals surface area (Å²) in [6, 6.07) is 2.17. The molecule has 1 aromatic rings. The minimum atomic E-state index is -0.829. The summed E-state index contributed by atoms with van der Waals surface area (Å²) >= 11 is 0. The summed E-state index contributed by atoms with van der Waals surface area (Å²) < 4.78 is 1.79. The average molecular weight is 452 g/mol. The van der Waals surface area contributed by atoms with Crippen LogP contribution in [0.3, 0.4) is 0 Å². The molecule has 0 saturated heterocycles. The van der Waals surface area contributed by atoms with Gasteiger partial charge < -0.3 is 5.11 Å². The highest BCUT2D eigenvalue weighted by molar-refractivity contribution is 5.21. The standard InChI is InChI=1S/C29H45N3O/c1-18-6-8-23-22(12-18)7-9-25-24(23)10-11-28(4)26(13-19(2)20(3)27(25)28)29(5,33)17-32-16-21(14-30)15-31-32/h15-16,18-20,22-27,33H,6-13,17H2,1-5H3/t18-,19-,20+,22?,23-,24?,25+,26-,27?,28+,29?/m0/s1. The Labute approximate surface area is 201 Å². The molecule has 4 aliphatic rings. The van der Waals surface area contributed by atoms with E-state index in [1.54, 1.807) is 17.1 Å². The summed E-state index contributed by atoms with van der Waals surface area (Å²) in [5, 5.41) is 25.5. The molecule has 4 saturated carbocycles. The zero-order chi connectivity index (χ0) is 23.5. The largest absolute Gasteiger partial charge is 0.388 e. The van der Waals surface area contributed by atoms with Gasteiger partial charge in [0.2, 0.25) is 0 Å². The maximum atomic E-state index is 12.0. The van der Waals surface area contributed by atoms with Gasteiger partial charge in [-0.25, -0.2) is 0 Å². The van der Waals surface area contributed by atoms with Gasteiger partial charge in [-0.2, -0.15) is 10.4 Å². The Hall–Kier alpha value is -1.34. The Morgan fingerprint density at radius 3 is 2.61 bits per heavy atom. The van der Waals surface area contributed by atoms with E-state index in [1.807, 2.05) is 6.92 Å². The predicted octanol–water partition coefficient (Wildman–Crippen LogP) is 6.29. The van der Waals surface area contributed by atoms with Crippen molar-refractivity contribution in [3.05, 3.63) is 18.0 Å². The van der Waals surface area contributed by atoms with Crippen LogP contribution in [0, 0.1) is 70.0 Å². The lowest BCUT2D eigenvalue weighted by molar-refractivity contribution is -0.192. The number of aliphatic hydroxyl groups is 1. The SMILES string of the molecule is C[C@H]1CC[C@H]2C(CC[C@@H]3C2CC[C@@]2(C)C3[C@H](C)[C@@H](C)C[C@@H]2C(C)(O)Cn2cc(C#N)cn2)C1. The molecule has 4 heteroatoms. The molecule has 4 unspecified atom stereocenters. The first kappa shape index (κ1) is 23.4. The molecule has 0 aromatic carbocycles. The maximum absolute atomic E-state index is 12.0. The third-order valence-electron chi connectivity index (χ3n) is 11.4. The summed E-state index contributed by atoms with van der Waals surface area (Å²) in [5.41, 5.74) is -0.0827. The van der Waals surface area contributed by atoms with Crippen LogP contribution < -0.4 is 0 Å². The number of hydrogen-bond acceptors (Lipinski definition) is 3. The van der Waals surface area contributed by atoms with E-state index in [0.29, 0.717) is 23.9 Å². The predicted molar refractivity (Wildman–Crippen MR) is 131 cm³/mol. The quantitative estimate of drug-likeness (QED) is 0.587. The van der Waals surface area contributed by atoms with Crippen LogP contribution in [0.15, 0.2) is 12.4 Å². The number of nitriles is 1. The number of nitrogens with zero attached hydrogens (tertiary/aromatic N) is 3. The second-order valence-electron chi connectivity index (χ2n) is 13.3. The molecule has 0 aliphatic heterocycles. The number of fused-ring (bicyclic) bond motifs is 5. The van der Waals surface area contributed by atoms with Crippen molar-refractivity contribution in [3.63, 3.8) is 0 Å². The van der Waals surface area contributed by atoms with E-state index in [0.717, 1.165) is 41.9 Å². The molecule has 4 nitrogen and oxygen atoms in total. The van der Waals surface area contributed by atoms with Crippen molar-refractivity contribution in [1.29, 1.82) is 5.26 Å². The van der Waals surface area contributed by atoms with E-state index < -0.39 is 5.60 Å². The maximum Gasteiger partial charge on any atom is 0.102 e. The lowest BCUT2D eigenvalue weighted by Crippen LogP contribution is -2.61. The second-order valence-corrected chi connectivity index (χ2v) is 13.3. The molecule has 4 fully saturated rings. The highest BCUT2D eigenvalue weighted by Gasteiger charge is 2.61. The Morgan fingerprint density at radius 2 is 1.88 bits per heavy atom. The minimum Gasteiger partial charge on any atom is -0.388 e. The number of hydrogen-bond donors (Lipinski definition) is 1. The molecule has 5 rings (SSSR count). The fraction of sp³-hybridized carbons (Fsp3) is 0.862. The Morgan fingerprint density at radius 1 is 1.12 bits per heavy atom. The van der Waals surface area contributed by atoms with E-state index in [2.05, 4.69) is 38.9 Å². The second kappa shape index (κ2) is 8.40. The van der Waals surface area contributed by atoms with E-state index in [9.17, 15) is 10.4 Å². The van der Waals surface area contributed by atoms with Crippen molar-refractivity contribution in [2.45, 2.75) is 98.1 Å². The molecule has 182 valence electrons. The molecule has 4 aliphatic carbocycles. The average Bonchev–Trinajstić information content (AvgIpc) is 3.22. The first-order chi connectivity index (χ1) is 15.6. The van der Waals surface area contributed by atoms with Crippen LogP contribution in [0.4, 0.5) is 0 Å². The molecular formula is C29H45N3O. The van der Waals surface area contributed by atoms with Crippen molar-refractivity contribution in [2.24, 2.45) is 58.7 Å². The number of aromatic nitrogens is 2. The van der Waals surface area contributed by atoms with E-state index >= 15 is 0 Å². The van der Waals surface area contributed by atoms with Gasteiger partial charge in [0.25, 0.3) is 0 Å². The zero-order valence-corrected chi connectivity index (χ0v) is 21.5. The van der Waals surface area contributed by atoms with E-state index in [1.165, 1.54) is 44.9 Å². The Bertz CT molecular complexity index is 899. The third-order valence-corrected chi connectivity index (χ3v) is 11.4. The minimum absolute atomic E-state index is 0.177. The van der Waals surface area contributed by atoms with Gasteiger partial charge in [0.05, 0.1) is 23.9 Å². The molecule has 11 atom stereocenters. The molecule has 1 aromatic heterocycles. The van der Waals surface area contributed by atoms with Crippen LogP contribution >= 0.6 is 0 Å². The monoisotopic (exact) mass is 451 g/mol. The Balaban J connectivity index is 1.43. The summed E-state index contributed by atoms with van der Waals surface area (Å²) in [6.45, 7) is 12.5. The lowest BCUT2D eigenvalue weighted by Gasteiger charge is -2.65. The molecule has 1 N–H and O–H groups in total. The van der Waals surface area contributed by atoms with Gasteiger partial charge in [0.1, 0.15) is 6.07 Å². The van der Waals surface area contributed by atoms with Crippen LogP contribution in [0.1, 0.15) is 91.5 Å². The van der Waals surface area contributed by atoms with Crippen molar-refractivity contribution >= 4 is 0 Å². The van der Waals surface area contributed by atoms with Crippen molar-refractivity contribution < 1.29 is 5.11 Å². The topological polar surface area (TPSA) is 61.8 Å². The van der Waals surface area contributed by atoms with Crippen molar-refractivity contribution in [3.8, 4) is 6.07 Å². The van der Waals surface area contributed by atoms with Gasteiger partial charge in [-0.1, -0.05) is 34.1 Å². The smallest absolute Gasteiger partial charge is 0.102 e. The highest BCUT2D eigenvalue weighted by Crippen LogP contribution is 2.66. The molecule has 0 radical (unpaired) electrons. The van der Waals surface area contributed by atoms with Gasteiger partial charge in [-0.15, -0.1) is 0 Å². The number of rotatable bonds is 3. The van der Waals surface area contributed by atoms with Gasteiger partial charge >= 0.3 is 0 Å². The summed E-state index contributed by atoms with van der Waals surface area (Å²) in [7, 11) is 0. The fourth-order valence-electron chi connectivity index (χ4n) is 9.88. The van der Waals surface area contributed by atoms with Crippen LogP contribution in [0.25, 0.3) is 0 Å². The van der Waals surface area contributed by atoms with Crippen LogP contribution in [-0.4, -0.2) is 20.5 Å². The summed E-state index contributed by atoms with van der Waals surface area (Å²) in [5.74, 6) is 6.95. The van der Waals surface area contributed by atoms with Crippen LogP contribution in [0.5, 0.6) is 0 Å². The summed E-state index contributed by atoms with van der Waals surface area (Å²) in [4.78, 5) is 0. The van der Waals surface area contributed by atoms with Gasteiger partial charge in [-0.05, 0) is 111 Å². The molecule has 0 bridgehead atoms. The Kier molecular flexibility index (Phi) is 5.96. The van der Waals surface area contributed by atoms with Crippen LogP contribution in [0.2, 0.25) is 0 Å². The van der Waals surface area contributed by atoms with Gasteiger partial charge in [0, 0.05) is 6.20 Å². The zero-order valence-electron chi connectivity index (χ0n) is 21.5. The first-order valence-electron chi connectivity index (χ1n) is 13.8. The normalized spacial score (nSPS) is 46.9. The highest BCUT2D eigenvalue weighted by atomic mass is 16.3. The third kappa shape index (κ3) is 3.87. The van der Waals surface area contributed by atoms with E-state index in [-0.39, 0.29) is 11.3 Å². The molecule has 0 amide bonds.